The first-order valence-electron chi connectivity index (χ1n) is 5.35. The van der Waals surface area contributed by atoms with Gasteiger partial charge in [0.2, 0.25) is 0 Å². The molecule has 92 valence electrons. The summed E-state index contributed by atoms with van der Waals surface area (Å²) in [6.45, 7) is 0. The molecular weight excluding hydrogens is 544 g/mol. The molecule has 1 aromatic rings. The van der Waals surface area contributed by atoms with Crippen LogP contribution in [0.5, 0.6) is 0 Å². The molecule has 0 unspecified atom stereocenters. The average Bonchev–Trinajstić information content (AvgIpc) is 2.28. The fourth-order valence-electron chi connectivity index (χ4n) is 2.97. The molecule has 0 amide bonds. The molecule has 0 aromatic heterocycles. The molecule has 1 fully saturated rings. The maximum atomic E-state index is 3.87. The van der Waals surface area contributed by atoms with Gasteiger partial charge in [0.15, 0.2) is 0 Å². The van der Waals surface area contributed by atoms with Gasteiger partial charge in [-0.3, -0.25) is 0 Å². The van der Waals surface area contributed by atoms with Gasteiger partial charge in [0.25, 0.3) is 0 Å². The van der Waals surface area contributed by atoms with Crippen molar-refractivity contribution >= 4 is 79.6 Å². The van der Waals surface area contributed by atoms with E-state index >= 15 is 0 Å². The Morgan fingerprint density at radius 2 is 1.47 bits per heavy atom. The summed E-state index contributed by atoms with van der Waals surface area (Å²) in [4.78, 5) is 1.25. The lowest BCUT2D eigenvalue weighted by molar-refractivity contribution is 0.402. The summed E-state index contributed by atoms with van der Waals surface area (Å²) in [6, 6.07) is 8.76. The third kappa shape index (κ3) is 1.82. The van der Waals surface area contributed by atoms with E-state index in [1.165, 1.54) is 11.1 Å². The summed E-state index contributed by atoms with van der Waals surface area (Å²) >= 11 is 19.3. The Morgan fingerprint density at radius 3 is 2.12 bits per heavy atom. The number of alkyl halides is 5. The zero-order valence-electron chi connectivity index (χ0n) is 8.59. The van der Waals surface area contributed by atoms with Crippen LogP contribution in [-0.2, 0) is 0 Å². The fraction of sp³-hybridized carbons (Fsp3) is 0.500. The Morgan fingerprint density at radius 1 is 0.882 bits per heavy atom. The van der Waals surface area contributed by atoms with Crippen molar-refractivity contribution in [2.45, 2.75) is 29.6 Å². The Kier molecular flexibility index (Phi) is 3.66. The number of rotatable bonds is 0. The molecule has 0 spiro atoms. The van der Waals surface area contributed by atoms with E-state index in [1.54, 1.807) is 0 Å². The molecule has 0 N–H and O–H groups in total. The quantitative estimate of drug-likeness (QED) is 0.365. The molecule has 1 aromatic carbocycles. The Hall–Kier alpha value is 1.62. The van der Waals surface area contributed by atoms with Gasteiger partial charge in [-0.25, -0.2) is 0 Å². The number of halogens is 5. The number of fused-ring (bicyclic) bond motifs is 2. The van der Waals surface area contributed by atoms with Crippen LogP contribution in [0.3, 0.4) is 0 Å². The van der Waals surface area contributed by atoms with Crippen LogP contribution in [0, 0.1) is 0 Å². The molecule has 2 bridgehead atoms. The van der Waals surface area contributed by atoms with Crippen LogP contribution in [0.25, 0.3) is 0 Å². The smallest absolute Gasteiger partial charge is 0.0871 e. The van der Waals surface area contributed by atoms with Gasteiger partial charge < -0.3 is 0 Å². The summed E-state index contributed by atoms with van der Waals surface area (Å²) in [5, 5.41) is 0. The maximum Gasteiger partial charge on any atom is 0.101 e. The van der Waals surface area contributed by atoms with Crippen molar-refractivity contribution in [1.82, 2.24) is 0 Å². The monoisotopic (exact) mass is 548 g/mol. The third-order valence-corrected chi connectivity index (χ3v) is 11.2. The van der Waals surface area contributed by atoms with E-state index in [0.717, 1.165) is 0 Å². The summed E-state index contributed by atoms with van der Waals surface area (Å²) in [6.07, 6.45) is 0. The van der Waals surface area contributed by atoms with Crippen molar-refractivity contribution in [3.63, 3.8) is 0 Å². The minimum atomic E-state index is -0.0859. The van der Waals surface area contributed by atoms with E-state index in [2.05, 4.69) is 104 Å². The number of hydrogen-bond acceptors (Lipinski definition) is 0. The highest BCUT2D eigenvalue weighted by Gasteiger charge is 2.60. The van der Waals surface area contributed by atoms with Crippen LogP contribution in [0.1, 0.15) is 23.0 Å². The molecule has 0 saturated heterocycles. The molecule has 5 heteroatoms. The van der Waals surface area contributed by atoms with Crippen molar-refractivity contribution in [1.29, 1.82) is 0 Å². The Labute approximate surface area is 143 Å². The SMILES string of the molecule is Br[C@@H]1[C@@H](Br)[C@@H]2c3ccccc3[C@H]1[C@H](Br)C2(Br)Br. The van der Waals surface area contributed by atoms with Gasteiger partial charge in [0.1, 0.15) is 3.23 Å². The minimum Gasteiger partial charge on any atom is -0.0871 e. The third-order valence-electron chi connectivity index (χ3n) is 3.75. The van der Waals surface area contributed by atoms with Gasteiger partial charge in [-0.15, -0.1) is 0 Å². The van der Waals surface area contributed by atoms with Crippen LogP contribution in [0.15, 0.2) is 24.3 Å². The largest absolute Gasteiger partial charge is 0.101 e. The molecule has 5 atom stereocenters. The van der Waals surface area contributed by atoms with E-state index in [9.17, 15) is 0 Å². The Balaban J connectivity index is 2.25. The molecule has 17 heavy (non-hydrogen) atoms. The van der Waals surface area contributed by atoms with Gasteiger partial charge in [-0.2, -0.15) is 0 Å². The normalized spacial score (nSPS) is 42.3. The molecule has 0 radical (unpaired) electrons. The van der Waals surface area contributed by atoms with Crippen LogP contribution in [0.4, 0.5) is 0 Å². The van der Waals surface area contributed by atoms with E-state index in [1.807, 2.05) is 0 Å². The van der Waals surface area contributed by atoms with Crippen molar-refractivity contribution < 1.29 is 0 Å². The van der Waals surface area contributed by atoms with Crippen LogP contribution >= 0.6 is 79.6 Å². The van der Waals surface area contributed by atoms with E-state index < -0.39 is 0 Å². The molecule has 3 aliphatic carbocycles. The number of benzene rings is 1. The van der Waals surface area contributed by atoms with E-state index in [-0.39, 0.29) is 3.23 Å². The highest BCUT2D eigenvalue weighted by Crippen LogP contribution is 2.65. The first kappa shape index (κ1) is 13.6. The van der Waals surface area contributed by atoms with Crippen molar-refractivity contribution in [2.24, 2.45) is 0 Å². The highest BCUT2D eigenvalue weighted by molar-refractivity contribution is 9.26. The molecule has 3 aliphatic rings. The maximum absolute atomic E-state index is 3.87. The lowest BCUT2D eigenvalue weighted by Crippen LogP contribution is -2.56. The van der Waals surface area contributed by atoms with Crippen molar-refractivity contribution in [3.8, 4) is 0 Å². The minimum absolute atomic E-state index is 0.0859. The van der Waals surface area contributed by atoms with Gasteiger partial charge in [0.05, 0.1) is 0 Å². The topological polar surface area (TPSA) is 0 Å². The summed E-state index contributed by atoms with van der Waals surface area (Å²) in [5.74, 6) is 0.858. The second-order valence-electron chi connectivity index (χ2n) is 4.60. The van der Waals surface area contributed by atoms with E-state index in [0.29, 0.717) is 26.3 Å². The van der Waals surface area contributed by atoms with Gasteiger partial charge in [-0.05, 0) is 11.1 Å². The van der Waals surface area contributed by atoms with Crippen molar-refractivity contribution in [3.05, 3.63) is 35.4 Å². The van der Waals surface area contributed by atoms with Gasteiger partial charge in [0, 0.05) is 26.3 Å². The Bertz CT molecular complexity index is 458. The predicted molar refractivity (Wildman–Crippen MR) is 90.7 cm³/mol. The molecule has 0 aliphatic heterocycles. The zero-order chi connectivity index (χ0) is 12.4. The standard InChI is InChI=1S/C12H9Br5/c13-9-7-5-3-1-2-4-6(5)8(10(9)14)12(16,17)11(7)15/h1-4,7-11H/t7-,8+,9+,10+,11+/m1/s1. The lowest BCUT2D eigenvalue weighted by Gasteiger charge is -2.55. The molecule has 1 saturated carbocycles. The van der Waals surface area contributed by atoms with Crippen LogP contribution in [-0.4, -0.2) is 17.7 Å². The van der Waals surface area contributed by atoms with Crippen LogP contribution < -0.4 is 0 Å². The first-order chi connectivity index (χ1) is 7.96. The van der Waals surface area contributed by atoms with E-state index in [4.69, 9.17) is 0 Å². The lowest BCUT2D eigenvalue weighted by atomic mass is 9.66. The highest BCUT2D eigenvalue weighted by atomic mass is 79.9. The summed E-state index contributed by atoms with van der Waals surface area (Å²) < 4.78 is -0.0859. The summed E-state index contributed by atoms with van der Waals surface area (Å²) in [7, 11) is 0. The predicted octanol–water partition coefficient (Wildman–Crippen LogP) is 5.66. The van der Waals surface area contributed by atoms with Gasteiger partial charge in [-0.1, -0.05) is 104 Å². The summed E-state index contributed by atoms with van der Waals surface area (Å²) in [5.41, 5.74) is 2.91. The second-order valence-corrected chi connectivity index (χ2v) is 11.4. The molecule has 0 heterocycles. The zero-order valence-corrected chi connectivity index (χ0v) is 16.5. The average molecular weight is 553 g/mol. The molecular formula is C12H9Br5. The number of hydrogen-bond donors (Lipinski definition) is 0. The fourth-order valence-corrected chi connectivity index (χ4v) is 8.55. The molecule has 4 rings (SSSR count). The second kappa shape index (κ2) is 4.57. The molecule has 0 nitrogen and oxygen atoms in total. The van der Waals surface area contributed by atoms with Crippen molar-refractivity contribution in [2.75, 3.05) is 0 Å². The van der Waals surface area contributed by atoms with Gasteiger partial charge >= 0.3 is 0 Å². The van der Waals surface area contributed by atoms with Crippen LogP contribution in [0.2, 0.25) is 0 Å². The first-order valence-corrected chi connectivity index (χ1v) is 9.68.